The fourth-order valence-corrected chi connectivity index (χ4v) is 6.84. The molecule has 0 aliphatic carbocycles. The number of aryl methyl sites for hydroxylation is 2. The highest BCUT2D eigenvalue weighted by Gasteiger charge is 2.27. The van der Waals surface area contributed by atoms with Gasteiger partial charge in [-0.1, -0.05) is 43.9 Å². The highest BCUT2D eigenvalue weighted by atomic mass is 19.3. The number of hydrogen-bond donors (Lipinski definition) is 3. The van der Waals surface area contributed by atoms with Crippen LogP contribution in [0.2, 0.25) is 0 Å². The highest BCUT2D eigenvalue weighted by molar-refractivity contribution is 6.02. The van der Waals surface area contributed by atoms with Gasteiger partial charge in [-0.3, -0.25) is 38.8 Å². The molecule has 0 spiro atoms. The zero-order valence-electron chi connectivity index (χ0n) is 30.9. The Morgan fingerprint density at radius 3 is 2.54 bits per heavy atom. The number of anilines is 1. The number of nitrogens with one attached hydrogen (secondary N) is 3. The van der Waals surface area contributed by atoms with Crippen LogP contribution in [-0.4, -0.2) is 56.0 Å². The number of halogens is 2. The van der Waals surface area contributed by atoms with Crippen LogP contribution in [0.3, 0.4) is 0 Å². The van der Waals surface area contributed by atoms with Crippen LogP contribution < -0.4 is 26.4 Å². The molecule has 1 atom stereocenters. The minimum atomic E-state index is -3.09. The zero-order chi connectivity index (χ0) is 39.7. The van der Waals surface area contributed by atoms with Gasteiger partial charge in [0.2, 0.25) is 11.8 Å². The van der Waals surface area contributed by atoms with Gasteiger partial charge in [0.05, 0.1) is 29.0 Å². The molecule has 0 saturated carbocycles. The molecule has 12 nitrogen and oxygen atoms in total. The van der Waals surface area contributed by atoms with Crippen molar-refractivity contribution in [2.75, 3.05) is 11.9 Å². The summed E-state index contributed by atoms with van der Waals surface area (Å²) in [5.41, 5.74) is 6.91. The van der Waals surface area contributed by atoms with Crippen LogP contribution in [0, 0.1) is 11.8 Å². The first-order chi connectivity index (χ1) is 26.9. The van der Waals surface area contributed by atoms with Crippen molar-refractivity contribution in [3.05, 3.63) is 106 Å². The fourth-order valence-electron chi connectivity index (χ4n) is 6.84. The molecule has 56 heavy (non-hydrogen) atoms. The number of ether oxygens (including phenoxy) is 1. The monoisotopic (exact) mass is 757 g/mol. The van der Waals surface area contributed by atoms with Crippen LogP contribution in [0.4, 0.5) is 14.5 Å². The predicted molar refractivity (Wildman–Crippen MR) is 208 cm³/mol. The number of carbonyl (C=O) groups is 3. The number of rotatable bonds is 9. The normalized spacial score (nSPS) is 14.2. The Morgan fingerprint density at radius 2 is 1.80 bits per heavy atom. The SMILES string of the molecule is CC(C)c1cc(-c2cccc3cc(-c4ccc(C(=O)NCC#Cc5ccc(OC(F)F)c(NC6CCC(=O)NC6=O)c5)nc4)ncc23)cc2c1n(C)c(=O)n2C. The third-order valence-electron chi connectivity index (χ3n) is 9.71. The lowest BCUT2D eigenvalue weighted by atomic mass is 9.93. The van der Waals surface area contributed by atoms with Gasteiger partial charge in [-0.25, -0.2) is 4.79 Å². The molecule has 1 unspecified atom stereocenters. The second kappa shape index (κ2) is 15.5. The number of imidazole rings is 1. The van der Waals surface area contributed by atoms with Gasteiger partial charge in [0, 0.05) is 49.4 Å². The average molecular weight is 758 g/mol. The molecule has 7 rings (SSSR count). The van der Waals surface area contributed by atoms with Gasteiger partial charge < -0.3 is 15.4 Å². The number of imide groups is 1. The van der Waals surface area contributed by atoms with E-state index in [1.165, 1.54) is 18.2 Å². The third kappa shape index (κ3) is 7.56. The Labute approximate surface area is 319 Å². The number of aromatic nitrogens is 4. The number of alkyl halides is 2. The Hall–Kier alpha value is -6.88. The molecule has 6 aromatic rings. The molecule has 14 heteroatoms. The van der Waals surface area contributed by atoms with E-state index in [0.717, 1.165) is 44.1 Å². The Kier molecular flexibility index (Phi) is 10.3. The minimum absolute atomic E-state index is 0.0335. The first-order valence-corrected chi connectivity index (χ1v) is 17.9. The summed E-state index contributed by atoms with van der Waals surface area (Å²) in [4.78, 5) is 58.5. The van der Waals surface area contributed by atoms with Crippen LogP contribution in [0.15, 0.2) is 83.9 Å². The molecule has 1 fully saturated rings. The van der Waals surface area contributed by atoms with E-state index in [2.05, 4.69) is 69.6 Å². The molecule has 1 saturated heterocycles. The number of hydrogen-bond acceptors (Lipinski definition) is 8. The maximum Gasteiger partial charge on any atom is 0.387 e. The summed E-state index contributed by atoms with van der Waals surface area (Å²) in [6.45, 7) is 1.11. The molecule has 3 N–H and O–H groups in total. The molecule has 3 amide bonds. The van der Waals surface area contributed by atoms with Crippen molar-refractivity contribution in [2.24, 2.45) is 14.1 Å². The number of carbonyl (C=O) groups excluding carboxylic acids is 3. The van der Waals surface area contributed by atoms with Gasteiger partial charge in [-0.15, -0.1) is 0 Å². The quantitative estimate of drug-likeness (QED) is 0.122. The van der Waals surface area contributed by atoms with Gasteiger partial charge >= 0.3 is 12.3 Å². The van der Waals surface area contributed by atoms with Crippen LogP contribution >= 0.6 is 0 Å². The van der Waals surface area contributed by atoms with E-state index in [1.54, 1.807) is 41.6 Å². The Bertz CT molecular complexity index is 2660. The zero-order valence-corrected chi connectivity index (χ0v) is 30.9. The van der Waals surface area contributed by atoms with Crippen molar-refractivity contribution in [1.29, 1.82) is 0 Å². The van der Waals surface area contributed by atoms with Crippen LogP contribution in [-0.2, 0) is 23.7 Å². The number of piperidine rings is 1. The molecular weight excluding hydrogens is 721 g/mol. The first-order valence-electron chi connectivity index (χ1n) is 17.9. The van der Waals surface area contributed by atoms with Crippen molar-refractivity contribution in [2.45, 2.75) is 45.3 Å². The lowest BCUT2D eigenvalue weighted by Crippen LogP contribution is -2.47. The number of amides is 3. The summed E-state index contributed by atoms with van der Waals surface area (Å²) in [5.74, 6) is 4.28. The fraction of sp³-hybridized carbons (Fsp3) is 0.238. The van der Waals surface area contributed by atoms with Crippen LogP contribution in [0.5, 0.6) is 5.75 Å². The number of fused-ring (bicyclic) bond motifs is 2. The largest absolute Gasteiger partial charge is 0.433 e. The summed E-state index contributed by atoms with van der Waals surface area (Å²) in [6, 6.07) is 19.0. The van der Waals surface area contributed by atoms with E-state index in [4.69, 9.17) is 4.98 Å². The van der Waals surface area contributed by atoms with Gasteiger partial charge in [0.25, 0.3) is 5.91 Å². The van der Waals surface area contributed by atoms with Crippen molar-refractivity contribution in [3.63, 3.8) is 0 Å². The second-order valence-electron chi connectivity index (χ2n) is 13.7. The summed E-state index contributed by atoms with van der Waals surface area (Å²) in [5, 5.41) is 9.69. The number of pyridine rings is 2. The maximum absolute atomic E-state index is 13.0. The molecule has 284 valence electrons. The van der Waals surface area contributed by atoms with Gasteiger partial charge in [-0.05, 0) is 82.9 Å². The van der Waals surface area contributed by atoms with Gasteiger partial charge in [0.1, 0.15) is 17.5 Å². The van der Waals surface area contributed by atoms with E-state index in [-0.39, 0.29) is 48.1 Å². The van der Waals surface area contributed by atoms with Crippen molar-refractivity contribution in [1.82, 2.24) is 29.7 Å². The second-order valence-corrected chi connectivity index (χ2v) is 13.7. The summed E-state index contributed by atoms with van der Waals surface area (Å²) in [6.07, 6.45) is 3.70. The predicted octanol–water partition coefficient (Wildman–Crippen LogP) is 5.88. The minimum Gasteiger partial charge on any atom is -0.433 e. The lowest BCUT2D eigenvalue weighted by Gasteiger charge is -2.24. The van der Waals surface area contributed by atoms with Gasteiger partial charge in [-0.2, -0.15) is 8.78 Å². The average Bonchev–Trinajstić information content (AvgIpc) is 3.40. The molecule has 0 bridgehead atoms. The summed E-state index contributed by atoms with van der Waals surface area (Å²) < 4.78 is 34.0. The number of nitrogens with zero attached hydrogens (tertiary/aromatic N) is 4. The topological polar surface area (TPSA) is 149 Å². The number of benzene rings is 3. The first kappa shape index (κ1) is 37.4. The van der Waals surface area contributed by atoms with Crippen molar-refractivity contribution in [3.8, 4) is 40.0 Å². The molecule has 1 aliphatic heterocycles. The molecule has 1 aliphatic rings. The highest BCUT2D eigenvalue weighted by Crippen LogP contribution is 2.35. The summed E-state index contributed by atoms with van der Waals surface area (Å²) in [7, 11) is 3.59. The van der Waals surface area contributed by atoms with Crippen molar-refractivity contribution >= 4 is 45.2 Å². The van der Waals surface area contributed by atoms with E-state index in [0.29, 0.717) is 11.3 Å². The molecule has 3 aromatic heterocycles. The Morgan fingerprint density at radius 1 is 0.982 bits per heavy atom. The molecular formula is C42H37F2N7O5. The summed E-state index contributed by atoms with van der Waals surface area (Å²) >= 11 is 0. The standard InChI is InChI=1S/C42H37F2N7O5/c1-23(2)29-18-27(20-35-38(29)51(4)42(55)50(35)3)28-9-5-8-25-19-33(47-22-30(25)28)26-11-12-31(46-21-26)39(53)45-16-6-7-24-10-14-36(56-41(43)44)34(17-24)48-32-13-15-37(52)49-40(32)54/h5,8-12,14,17-23,32,41,48H,13,15-16H2,1-4H3,(H,45,53)(H,49,52,54). The van der Waals surface area contributed by atoms with Crippen LogP contribution in [0.1, 0.15) is 54.2 Å². The van der Waals surface area contributed by atoms with E-state index in [1.807, 2.05) is 24.4 Å². The van der Waals surface area contributed by atoms with Gasteiger partial charge in [0.15, 0.2) is 0 Å². The third-order valence-corrected chi connectivity index (χ3v) is 9.71. The Balaban J connectivity index is 1.04. The van der Waals surface area contributed by atoms with E-state index >= 15 is 0 Å². The smallest absolute Gasteiger partial charge is 0.387 e. The van der Waals surface area contributed by atoms with E-state index in [9.17, 15) is 28.0 Å². The molecule has 4 heterocycles. The lowest BCUT2D eigenvalue weighted by molar-refractivity contribution is -0.133. The van der Waals surface area contributed by atoms with Crippen LogP contribution in [0.25, 0.3) is 44.2 Å². The molecule has 0 radical (unpaired) electrons. The van der Waals surface area contributed by atoms with E-state index < -0.39 is 30.4 Å². The maximum atomic E-state index is 13.0. The van der Waals surface area contributed by atoms with Crippen molar-refractivity contribution < 1.29 is 27.9 Å². The molecule has 3 aromatic carbocycles.